The van der Waals surface area contributed by atoms with Gasteiger partial charge >= 0.3 is 0 Å². The van der Waals surface area contributed by atoms with Gasteiger partial charge in [-0.25, -0.2) is 0 Å². The van der Waals surface area contributed by atoms with Crippen LogP contribution in [0.4, 0.5) is 5.69 Å². The van der Waals surface area contributed by atoms with E-state index in [1.807, 2.05) is 42.6 Å². The molecule has 3 heteroatoms. The molecule has 1 heterocycles. The summed E-state index contributed by atoms with van der Waals surface area (Å²) in [6, 6.07) is 20.3. The minimum absolute atomic E-state index is 0.797. The van der Waals surface area contributed by atoms with Crippen LogP contribution in [0, 0.1) is 0 Å². The second-order valence-corrected chi connectivity index (χ2v) is 6.94. The molecule has 148 valence electrons. The quantitative estimate of drug-likeness (QED) is 0.215. The maximum absolute atomic E-state index is 5.80. The third kappa shape index (κ3) is 7.38. The first-order chi connectivity index (χ1) is 14.3. The number of benzene rings is 2. The minimum Gasteiger partial charge on any atom is -0.494 e. The van der Waals surface area contributed by atoms with Gasteiger partial charge in [-0.3, -0.25) is 9.98 Å². The molecule has 0 saturated heterocycles. The van der Waals surface area contributed by atoms with Crippen LogP contribution >= 0.6 is 0 Å². The van der Waals surface area contributed by atoms with Crippen LogP contribution in [0.1, 0.15) is 49.3 Å². The monoisotopic (exact) mass is 384 g/mol. The molecular weight excluding hydrogens is 356 g/mol. The van der Waals surface area contributed by atoms with Crippen LogP contribution < -0.4 is 4.74 Å². The number of aliphatic imine (C=N–C) groups is 1. The maximum atomic E-state index is 5.80. The molecule has 0 saturated carbocycles. The molecule has 0 radical (unpaired) electrons. The van der Waals surface area contributed by atoms with Gasteiger partial charge in [0, 0.05) is 18.6 Å². The molecule has 0 aliphatic heterocycles. The summed E-state index contributed by atoms with van der Waals surface area (Å²) in [6.45, 7) is 3.02. The second kappa shape index (κ2) is 11.6. The SMILES string of the molecule is CCCCCCOc1ccc(/C=C/c2ccc(N=Cc3ccncc3)cc2)cc1. The number of hydrogen-bond acceptors (Lipinski definition) is 3. The van der Waals surface area contributed by atoms with Crippen molar-refractivity contribution in [2.24, 2.45) is 4.99 Å². The van der Waals surface area contributed by atoms with Gasteiger partial charge in [0.15, 0.2) is 0 Å². The molecule has 0 spiro atoms. The van der Waals surface area contributed by atoms with Crippen molar-refractivity contribution in [3.05, 3.63) is 89.7 Å². The zero-order valence-electron chi connectivity index (χ0n) is 17.0. The van der Waals surface area contributed by atoms with E-state index in [1.54, 1.807) is 12.4 Å². The van der Waals surface area contributed by atoms with Crippen molar-refractivity contribution in [2.75, 3.05) is 6.61 Å². The first kappa shape index (κ1) is 20.5. The Bertz CT molecular complexity index is 898. The molecule has 0 unspecified atom stereocenters. The van der Waals surface area contributed by atoms with Crippen molar-refractivity contribution in [2.45, 2.75) is 32.6 Å². The number of aromatic nitrogens is 1. The van der Waals surface area contributed by atoms with E-state index in [9.17, 15) is 0 Å². The lowest BCUT2D eigenvalue weighted by Crippen LogP contribution is -1.96. The predicted octanol–water partition coefficient (Wildman–Crippen LogP) is 6.96. The molecule has 0 fully saturated rings. The van der Waals surface area contributed by atoms with E-state index in [1.165, 1.54) is 19.3 Å². The van der Waals surface area contributed by atoms with Crippen molar-refractivity contribution in [1.29, 1.82) is 0 Å². The second-order valence-electron chi connectivity index (χ2n) is 6.94. The average Bonchev–Trinajstić information content (AvgIpc) is 2.78. The number of ether oxygens (including phenoxy) is 1. The van der Waals surface area contributed by atoms with E-state index in [-0.39, 0.29) is 0 Å². The van der Waals surface area contributed by atoms with Crippen molar-refractivity contribution in [3.63, 3.8) is 0 Å². The summed E-state index contributed by atoms with van der Waals surface area (Å²) in [5.74, 6) is 0.940. The van der Waals surface area contributed by atoms with Crippen molar-refractivity contribution >= 4 is 24.1 Å². The number of rotatable bonds is 10. The van der Waals surface area contributed by atoms with E-state index < -0.39 is 0 Å². The van der Waals surface area contributed by atoms with Crippen LogP contribution in [0.5, 0.6) is 5.75 Å². The fraction of sp³-hybridized carbons (Fsp3) is 0.231. The Labute approximate surface area is 173 Å². The van der Waals surface area contributed by atoms with Gasteiger partial charge in [-0.05, 0) is 59.5 Å². The fourth-order valence-corrected chi connectivity index (χ4v) is 2.86. The van der Waals surface area contributed by atoms with Gasteiger partial charge in [0.25, 0.3) is 0 Å². The van der Waals surface area contributed by atoms with Gasteiger partial charge in [-0.1, -0.05) is 62.6 Å². The molecule has 0 atom stereocenters. The maximum Gasteiger partial charge on any atom is 0.119 e. The zero-order chi connectivity index (χ0) is 20.2. The van der Waals surface area contributed by atoms with Crippen LogP contribution in [-0.2, 0) is 0 Å². The van der Waals surface area contributed by atoms with Crippen molar-refractivity contribution < 1.29 is 4.74 Å². The Hall–Kier alpha value is -3.20. The van der Waals surface area contributed by atoms with Crippen LogP contribution in [0.15, 0.2) is 78.0 Å². The summed E-state index contributed by atoms with van der Waals surface area (Å²) >= 11 is 0. The smallest absolute Gasteiger partial charge is 0.119 e. The molecule has 29 heavy (non-hydrogen) atoms. The topological polar surface area (TPSA) is 34.5 Å². The molecule has 0 aliphatic rings. The van der Waals surface area contributed by atoms with Crippen LogP contribution in [0.2, 0.25) is 0 Å². The Morgan fingerprint density at radius 2 is 1.41 bits per heavy atom. The first-order valence-electron chi connectivity index (χ1n) is 10.3. The summed E-state index contributed by atoms with van der Waals surface area (Å²) in [7, 11) is 0. The van der Waals surface area contributed by atoms with E-state index in [2.05, 4.69) is 53.3 Å². The third-order valence-electron chi connectivity index (χ3n) is 4.58. The zero-order valence-corrected chi connectivity index (χ0v) is 17.0. The molecular formula is C26H28N2O. The number of unbranched alkanes of at least 4 members (excludes halogenated alkanes) is 3. The van der Waals surface area contributed by atoms with Crippen LogP contribution in [0.25, 0.3) is 12.2 Å². The average molecular weight is 385 g/mol. The lowest BCUT2D eigenvalue weighted by atomic mass is 10.1. The number of nitrogens with zero attached hydrogens (tertiary/aromatic N) is 2. The van der Waals surface area contributed by atoms with E-state index >= 15 is 0 Å². The largest absolute Gasteiger partial charge is 0.494 e. The molecule has 2 aromatic carbocycles. The Morgan fingerprint density at radius 1 is 0.759 bits per heavy atom. The summed E-state index contributed by atoms with van der Waals surface area (Å²) in [5, 5.41) is 0. The van der Waals surface area contributed by atoms with E-state index in [0.29, 0.717) is 0 Å². The lowest BCUT2D eigenvalue weighted by molar-refractivity contribution is 0.305. The summed E-state index contributed by atoms with van der Waals surface area (Å²) in [5.41, 5.74) is 4.27. The third-order valence-corrected chi connectivity index (χ3v) is 4.58. The Morgan fingerprint density at radius 3 is 2.07 bits per heavy atom. The first-order valence-corrected chi connectivity index (χ1v) is 10.3. The highest BCUT2D eigenvalue weighted by Gasteiger charge is 1.95. The summed E-state index contributed by atoms with van der Waals surface area (Å²) < 4.78 is 5.80. The van der Waals surface area contributed by atoms with E-state index in [0.717, 1.165) is 41.2 Å². The normalized spacial score (nSPS) is 11.3. The van der Waals surface area contributed by atoms with Gasteiger partial charge < -0.3 is 4.74 Å². The number of pyridine rings is 1. The molecule has 3 nitrogen and oxygen atoms in total. The van der Waals surface area contributed by atoms with E-state index in [4.69, 9.17) is 4.74 Å². The predicted molar refractivity (Wildman–Crippen MR) is 123 cm³/mol. The lowest BCUT2D eigenvalue weighted by Gasteiger charge is -2.06. The highest BCUT2D eigenvalue weighted by molar-refractivity contribution is 5.81. The Kier molecular flexibility index (Phi) is 8.21. The standard InChI is InChI=1S/C26H28N2O/c1-2-3-4-5-20-29-26-14-10-23(11-15-26)7-6-22-8-12-25(13-9-22)28-21-24-16-18-27-19-17-24/h6-19,21H,2-5,20H2,1H3/b7-6+,28-21?. The molecule has 0 bridgehead atoms. The van der Waals surface area contributed by atoms with Crippen LogP contribution in [-0.4, -0.2) is 17.8 Å². The van der Waals surface area contributed by atoms with Gasteiger partial charge in [-0.2, -0.15) is 0 Å². The Balaban J connectivity index is 1.50. The van der Waals surface area contributed by atoms with Crippen molar-refractivity contribution in [1.82, 2.24) is 4.98 Å². The van der Waals surface area contributed by atoms with Gasteiger partial charge in [0.1, 0.15) is 5.75 Å². The molecule has 1 aromatic heterocycles. The molecule has 0 amide bonds. The number of hydrogen-bond donors (Lipinski definition) is 0. The highest BCUT2D eigenvalue weighted by Crippen LogP contribution is 2.17. The fourth-order valence-electron chi connectivity index (χ4n) is 2.86. The van der Waals surface area contributed by atoms with Gasteiger partial charge in [0.2, 0.25) is 0 Å². The highest BCUT2D eigenvalue weighted by atomic mass is 16.5. The molecule has 3 aromatic rings. The minimum atomic E-state index is 0.797. The summed E-state index contributed by atoms with van der Waals surface area (Å²) in [6.07, 6.45) is 14.5. The summed E-state index contributed by atoms with van der Waals surface area (Å²) in [4.78, 5) is 8.50. The van der Waals surface area contributed by atoms with Crippen LogP contribution in [0.3, 0.4) is 0 Å². The van der Waals surface area contributed by atoms with Gasteiger partial charge in [-0.15, -0.1) is 0 Å². The molecule has 0 aliphatic carbocycles. The van der Waals surface area contributed by atoms with Crippen molar-refractivity contribution in [3.8, 4) is 5.75 Å². The molecule has 3 rings (SSSR count). The molecule has 0 N–H and O–H groups in total. The van der Waals surface area contributed by atoms with Gasteiger partial charge in [0.05, 0.1) is 12.3 Å².